The Labute approximate surface area is 62.6 Å². The van der Waals surface area contributed by atoms with Crippen molar-refractivity contribution in [2.24, 2.45) is 0 Å². The van der Waals surface area contributed by atoms with Crippen LogP contribution in [0.5, 0.6) is 0 Å². The van der Waals surface area contributed by atoms with Crippen LogP contribution in [-0.4, -0.2) is 36.6 Å². The van der Waals surface area contributed by atoms with Gasteiger partial charge in [0.2, 0.25) is 0 Å². The van der Waals surface area contributed by atoms with Crippen molar-refractivity contribution < 1.29 is 0 Å². The topological polar surface area (TPSA) is 15.3 Å². The molecule has 0 saturated carbocycles. The molecule has 0 radical (unpaired) electrons. The van der Waals surface area contributed by atoms with E-state index in [9.17, 15) is 0 Å². The van der Waals surface area contributed by atoms with E-state index >= 15 is 0 Å². The lowest BCUT2D eigenvalue weighted by molar-refractivity contribution is -0.0246. The molecule has 3 aliphatic heterocycles. The zero-order valence-electron chi connectivity index (χ0n) is 6.85. The number of likely N-dealkylation sites (N-methyl/N-ethyl adjacent to an activating group) is 1. The summed E-state index contributed by atoms with van der Waals surface area (Å²) in [4.78, 5) is 2.52. The smallest absolute Gasteiger partial charge is 0.0320 e. The monoisotopic (exact) mass is 140 g/mol. The van der Waals surface area contributed by atoms with Crippen LogP contribution in [0.15, 0.2) is 0 Å². The van der Waals surface area contributed by atoms with E-state index in [0.717, 1.165) is 6.04 Å². The number of nitrogens with one attached hydrogen (secondary N) is 1. The molecular weight excluding hydrogens is 124 g/mol. The Balaban J connectivity index is 2.11. The SMILES string of the molecule is CN1C2CCNCC1(C)C2. The van der Waals surface area contributed by atoms with Gasteiger partial charge in [-0.25, -0.2) is 0 Å². The van der Waals surface area contributed by atoms with Crippen molar-refractivity contribution in [3.8, 4) is 0 Å². The van der Waals surface area contributed by atoms with Crippen LogP contribution >= 0.6 is 0 Å². The standard InChI is InChI=1S/C8H16N2/c1-8-5-7(10(8)2)3-4-9-6-8/h7,9H,3-6H2,1-2H3. The van der Waals surface area contributed by atoms with Crippen molar-refractivity contribution in [2.45, 2.75) is 31.3 Å². The first-order chi connectivity index (χ1) is 4.72. The number of hydrogen-bond acceptors (Lipinski definition) is 2. The number of fused-ring (bicyclic) bond motifs is 3. The van der Waals surface area contributed by atoms with Crippen molar-refractivity contribution in [1.29, 1.82) is 0 Å². The zero-order valence-corrected chi connectivity index (χ0v) is 6.85. The lowest BCUT2D eigenvalue weighted by atomic mass is 9.80. The van der Waals surface area contributed by atoms with Crippen molar-refractivity contribution in [1.82, 2.24) is 10.2 Å². The summed E-state index contributed by atoms with van der Waals surface area (Å²) in [6, 6.07) is 0.875. The maximum absolute atomic E-state index is 3.47. The summed E-state index contributed by atoms with van der Waals surface area (Å²) in [5.74, 6) is 0. The van der Waals surface area contributed by atoms with E-state index in [4.69, 9.17) is 0 Å². The van der Waals surface area contributed by atoms with Gasteiger partial charge in [0.15, 0.2) is 0 Å². The van der Waals surface area contributed by atoms with Crippen molar-refractivity contribution >= 4 is 0 Å². The fraction of sp³-hybridized carbons (Fsp3) is 1.00. The Bertz CT molecular complexity index is 142. The highest BCUT2D eigenvalue weighted by Gasteiger charge is 2.46. The van der Waals surface area contributed by atoms with E-state index in [1.54, 1.807) is 0 Å². The van der Waals surface area contributed by atoms with Gasteiger partial charge < -0.3 is 5.32 Å². The molecule has 2 bridgehead atoms. The quantitative estimate of drug-likeness (QED) is 0.525. The van der Waals surface area contributed by atoms with Gasteiger partial charge in [0.1, 0.15) is 0 Å². The van der Waals surface area contributed by atoms with Gasteiger partial charge >= 0.3 is 0 Å². The molecule has 3 aliphatic rings. The first-order valence-corrected chi connectivity index (χ1v) is 4.16. The summed E-state index contributed by atoms with van der Waals surface area (Å²) >= 11 is 0. The summed E-state index contributed by atoms with van der Waals surface area (Å²) in [6.45, 7) is 4.74. The molecule has 0 aliphatic carbocycles. The fourth-order valence-electron chi connectivity index (χ4n) is 2.24. The van der Waals surface area contributed by atoms with Crippen molar-refractivity contribution in [3.05, 3.63) is 0 Å². The highest BCUT2D eigenvalue weighted by Crippen LogP contribution is 2.37. The molecule has 2 atom stereocenters. The Morgan fingerprint density at radius 1 is 1.60 bits per heavy atom. The maximum Gasteiger partial charge on any atom is 0.0320 e. The normalized spacial score (nSPS) is 48.0. The first kappa shape index (κ1) is 6.62. The molecular formula is C8H16N2. The highest BCUT2D eigenvalue weighted by atomic mass is 15.3. The molecule has 0 aromatic rings. The maximum atomic E-state index is 3.47. The molecule has 10 heavy (non-hydrogen) atoms. The van der Waals surface area contributed by atoms with Gasteiger partial charge in [-0.1, -0.05) is 0 Å². The Kier molecular flexibility index (Phi) is 1.29. The second-order valence-corrected chi connectivity index (χ2v) is 3.93. The molecule has 1 N–H and O–H groups in total. The van der Waals surface area contributed by atoms with Gasteiger partial charge in [0, 0.05) is 18.1 Å². The number of rotatable bonds is 0. The minimum atomic E-state index is 0.487. The second kappa shape index (κ2) is 1.95. The van der Waals surface area contributed by atoms with Crippen molar-refractivity contribution in [3.63, 3.8) is 0 Å². The van der Waals surface area contributed by atoms with Gasteiger partial charge in [-0.3, -0.25) is 4.90 Å². The zero-order chi connectivity index (χ0) is 7.19. The predicted octanol–water partition coefficient (Wildman–Crippen LogP) is 0.442. The van der Waals surface area contributed by atoms with Crippen LogP contribution in [0.25, 0.3) is 0 Å². The third kappa shape index (κ3) is 0.722. The van der Waals surface area contributed by atoms with Gasteiger partial charge in [-0.05, 0) is 33.4 Å². The van der Waals surface area contributed by atoms with Gasteiger partial charge in [0.25, 0.3) is 0 Å². The third-order valence-electron chi connectivity index (χ3n) is 3.23. The fourth-order valence-corrected chi connectivity index (χ4v) is 2.24. The molecule has 3 saturated heterocycles. The van der Waals surface area contributed by atoms with Crippen LogP contribution in [0.1, 0.15) is 19.8 Å². The van der Waals surface area contributed by atoms with Crippen LogP contribution in [0.3, 0.4) is 0 Å². The van der Waals surface area contributed by atoms with E-state index in [1.165, 1.54) is 25.9 Å². The summed E-state index contributed by atoms with van der Waals surface area (Å²) in [7, 11) is 2.25. The average molecular weight is 140 g/mol. The minimum absolute atomic E-state index is 0.487. The molecule has 3 rings (SSSR count). The lowest BCUT2D eigenvalue weighted by Gasteiger charge is -2.53. The van der Waals surface area contributed by atoms with Crippen LogP contribution in [0.4, 0.5) is 0 Å². The van der Waals surface area contributed by atoms with Crippen LogP contribution < -0.4 is 5.32 Å². The third-order valence-corrected chi connectivity index (χ3v) is 3.23. The Hall–Kier alpha value is -0.0800. The van der Waals surface area contributed by atoms with Gasteiger partial charge in [-0.15, -0.1) is 0 Å². The van der Waals surface area contributed by atoms with Crippen LogP contribution in [0.2, 0.25) is 0 Å². The molecule has 2 nitrogen and oxygen atoms in total. The van der Waals surface area contributed by atoms with Gasteiger partial charge in [-0.2, -0.15) is 0 Å². The second-order valence-electron chi connectivity index (χ2n) is 3.93. The molecule has 2 heteroatoms. The molecule has 2 unspecified atom stereocenters. The van der Waals surface area contributed by atoms with Crippen LogP contribution in [-0.2, 0) is 0 Å². The summed E-state index contributed by atoms with van der Waals surface area (Å²) in [5.41, 5.74) is 0.487. The number of hydrogen-bond donors (Lipinski definition) is 1. The highest BCUT2D eigenvalue weighted by molar-refractivity contribution is 5.04. The summed E-state index contributed by atoms with van der Waals surface area (Å²) in [5, 5.41) is 3.47. The van der Waals surface area contributed by atoms with E-state index in [0.29, 0.717) is 5.54 Å². The minimum Gasteiger partial charge on any atom is -0.315 e. The molecule has 58 valence electrons. The molecule has 3 fully saturated rings. The molecule has 0 spiro atoms. The summed E-state index contributed by atoms with van der Waals surface area (Å²) in [6.07, 6.45) is 2.74. The van der Waals surface area contributed by atoms with Crippen molar-refractivity contribution in [2.75, 3.05) is 20.1 Å². The average Bonchev–Trinajstić information content (AvgIpc) is 2.18. The van der Waals surface area contributed by atoms with E-state index in [-0.39, 0.29) is 0 Å². The molecule has 0 aromatic carbocycles. The van der Waals surface area contributed by atoms with Gasteiger partial charge in [0.05, 0.1) is 0 Å². The molecule has 3 heterocycles. The lowest BCUT2D eigenvalue weighted by Crippen LogP contribution is -2.63. The predicted molar refractivity (Wildman–Crippen MR) is 42.1 cm³/mol. The van der Waals surface area contributed by atoms with E-state index in [1.807, 2.05) is 0 Å². The first-order valence-electron chi connectivity index (χ1n) is 4.16. The Morgan fingerprint density at radius 3 is 3.10 bits per heavy atom. The number of nitrogens with zero attached hydrogens (tertiary/aromatic N) is 1. The van der Waals surface area contributed by atoms with Crippen LogP contribution in [0, 0.1) is 0 Å². The summed E-state index contributed by atoms with van der Waals surface area (Å²) < 4.78 is 0. The van der Waals surface area contributed by atoms with E-state index < -0.39 is 0 Å². The molecule has 0 amide bonds. The molecule has 0 aromatic heterocycles. The van der Waals surface area contributed by atoms with E-state index in [2.05, 4.69) is 24.2 Å². The largest absolute Gasteiger partial charge is 0.315 e. The Morgan fingerprint density at radius 2 is 2.40 bits per heavy atom.